The van der Waals surface area contributed by atoms with E-state index >= 15 is 0 Å². The summed E-state index contributed by atoms with van der Waals surface area (Å²) in [5.74, 6) is 0.676. The Balaban J connectivity index is 2.33. The predicted octanol–water partition coefficient (Wildman–Crippen LogP) is 0.445. The van der Waals surface area contributed by atoms with Crippen molar-refractivity contribution in [2.75, 3.05) is 25.2 Å². The van der Waals surface area contributed by atoms with E-state index in [9.17, 15) is 14.4 Å². The zero-order valence-electron chi connectivity index (χ0n) is 11.4. The second-order valence-electron chi connectivity index (χ2n) is 4.58. The Hall–Kier alpha value is -1.44. The summed E-state index contributed by atoms with van der Waals surface area (Å²) in [6.07, 6.45) is 1.71. The van der Waals surface area contributed by atoms with Crippen molar-refractivity contribution in [3.05, 3.63) is 0 Å². The zero-order chi connectivity index (χ0) is 15.0. The van der Waals surface area contributed by atoms with Crippen molar-refractivity contribution in [3.63, 3.8) is 0 Å². The molecular weight excluding hydrogens is 284 g/mol. The van der Waals surface area contributed by atoms with Crippen LogP contribution in [0.25, 0.3) is 0 Å². The number of esters is 1. The highest BCUT2D eigenvalue weighted by molar-refractivity contribution is 7.99. The summed E-state index contributed by atoms with van der Waals surface area (Å²) in [5, 5.41) is 13.9. The van der Waals surface area contributed by atoms with E-state index in [0.717, 1.165) is 24.3 Å². The molecule has 114 valence electrons. The lowest BCUT2D eigenvalue weighted by atomic mass is 10.0. The maximum Gasteiger partial charge on any atom is 0.326 e. The molecule has 8 heteroatoms. The third-order valence-electron chi connectivity index (χ3n) is 3.09. The molecule has 1 aliphatic rings. The number of aliphatic carboxylic acids is 1. The number of carboxylic acids is 1. The Labute approximate surface area is 121 Å². The average molecular weight is 304 g/mol. The van der Waals surface area contributed by atoms with E-state index in [4.69, 9.17) is 5.11 Å². The molecule has 1 rings (SSSR count). The van der Waals surface area contributed by atoms with Crippen LogP contribution in [0.2, 0.25) is 0 Å². The van der Waals surface area contributed by atoms with Crippen LogP contribution in [0, 0.1) is 5.92 Å². The molecule has 1 fully saturated rings. The SMILES string of the molecule is COC(=O)C[C@H](NC(=O)NCC1CCSCC1)C(=O)O. The molecule has 0 spiro atoms. The molecule has 1 atom stereocenters. The lowest BCUT2D eigenvalue weighted by Crippen LogP contribution is -2.48. The van der Waals surface area contributed by atoms with Gasteiger partial charge >= 0.3 is 18.0 Å². The van der Waals surface area contributed by atoms with Gasteiger partial charge in [0.05, 0.1) is 13.5 Å². The first kappa shape index (κ1) is 16.6. The number of carbonyl (C=O) groups excluding carboxylic acids is 2. The van der Waals surface area contributed by atoms with Gasteiger partial charge in [0.1, 0.15) is 6.04 Å². The van der Waals surface area contributed by atoms with Crippen LogP contribution in [-0.4, -0.2) is 54.3 Å². The summed E-state index contributed by atoms with van der Waals surface area (Å²) >= 11 is 1.90. The van der Waals surface area contributed by atoms with Crippen LogP contribution >= 0.6 is 11.8 Å². The molecule has 20 heavy (non-hydrogen) atoms. The molecule has 0 aromatic heterocycles. The summed E-state index contributed by atoms with van der Waals surface area (Å²) < 4.78 is 4.39. The van der Waals surface area contributed by atoms with Gasteiger partial charge in [-0.3, -0.25) is 4.79 Å². The lowest BCUT2D eigenvalue weighted by Gasteiger charge is -2.22. The van der Waals surface area contributed by atoms with Gasteiger partial charge in [-0.25, -0.2) is 9.59 Å². The predicted molar refractivity (Wildman–Crippen MR) is 74.6 cm³/mol. The van der Waals surface area contributed by atoms with Gasteiger partial charge in [0.25, 0.3) is 0 Å². The third kappa shape index (κ3) is 6.14. The molecule has 7 nitrogen and oxygen atoms in total. The molecule has 0 aromatic rings. The van der Waals surface area contributed by atoms with Gasteiger partial charge < -0.3 is 20.5 Å². The van der Waals surface area contributed by atoms with E-state index < -0.39 is 24.0 Å². The number of amides is 2. The number of methoxy groups -OCH3 is 1. The second-order valence-corrected chi connectivity index (χ2v) is 5.81. The van der Waals surface area contributed by atoms with Crippen LogP contribution in [-0.2, 0) is 14.3 Å². The van der Waals surface area contributed by atoms with Gasteiger partial charge in [0.15, 0.2) is 0 Å². The lowest BCUT2D eigenvalue weighted by molar-refractivity contribution is -0.147. The molecule has 0 unspecified atom stereocenters. The van der Waals surface area contributed by atoms with Gasteiger partial charge in [-0.05, 0) is 30.3 Å². The largest absolute Gasteiger partial charge is 0.480 e. The summed E-state index contributed by atoms with van der Waals surface area (Å²) in [5.41, 5.74) is 0. The Morgan fingerprint density at radius 2 is 2.00 bits per heavy atom. The van der Waals surface area contributed by atoms with Crippen molar-refractivity contribution in [2.24, 2.45) is 5.92 Å². The Kier molecular flexibility index (Phi) is 7.21. The van der Waals surface area contributed by atoms with Crippen molar-refractivity contribution in [3.8, 4) is 0 Å². The van der Waals surface area contributed by atoms with Gasteiger partial charge in [-0.2, -0.15) is 11.8 Å². The van der Waals surface area contributed by atoms with Crippen LogP contribution in [0.4, 0.5) is 4.79 Å². The molecule has 0 bridgehead atoms. The first-order valence-electron chi connectivity index (χ1n) is 6.44. The Bertz CT molecular complexity index is 358. The molecule has 3 N–H and O–H groups in total. The van der Waals surface area contributed by atoms with Gasteiger partial charge in [-0.1, -0.05) is 0 Å². The van der Waals surface area contributed by atoms with Crippen LogP contribution in [0.3, 0.4) is 0 Å². The summed E-state index contributed by atoms with van der Waals surface area (Å²) in [4.78, 5) is 33.6. The molecule has 0 saturated carbocycles. The standard InChI is InChI=1S/C12H20N2O5S/c1-19-10(15)6-9(11(16)17)14-12(18)13-7-8-2-4-20-5-3-8/h8-9H,2-7H2,1H3,(H,16,17)(H2,13,14,18)/t9-/m0/s1. The fraction of sp³-hybridized carbons (Fsp3) is 0.750. The number of nitrogens with one attached hydrogen (secondary N) is 2. The molecule has 0 aromatic carbocycles. The van der Waals surface area contributed by atoms with E-state index in [-0.39, 0.29) is 6.42 Å². The number of carbonyl (C=O) groups is 3. The minimum Gasteiger partial charge on any atom is -0.480 e. The summed E-state index contributed by atoms with van der Waals surface area (Å²) in [6, 6.07) is -1.84. The maximum absolute atomic E-state index is 11.6. The highest BCUT2D eigenvalue weighted by Crippen LogP contribution is 2.21. The quantitative estimate of drug-likeness (QED) is 0.615. The van der Waals surface area contributed by atoms with Crippen molar-refractivity contribution in [1.29, 1.82) is 0 Å². The maximum atomic E-state index is 11.6. The normalized spacial score (nSPS) is 17.1. The fourth-order valence-corrected chi connectivity index (χ4v) is 3.05. The molecular formula is C12H20N2O5S. The first-order chi connectivity index (χ1) is 9.52. The van der Waals surface area contributed by atoms with E-state index in [1.54, 1.807) is 0 Å². The molecule has 0 aliphatic carbocycles. The van der Waals surface area contributed by atoms with Gasteiger partial charge in [-0.15, -0.1) is 0 Å². The second kappa shape index (κ2) is 8.68. The van der Waals surface area contributed by atoms with E-state index in [0.29, 0.717) is 12.5 Å². The van der Waals surface area contributed by atoms with Crippen LogP contribution in [0.1, 0.15) is 19.3 Å². The smallest absolute Gasteiger partial charge is 0.326 e. The zero-order valence-corrected chi connectivity index (χ0v) is 12.2. The number of rotatable bonds is 6. The highest BCUT2D eigenvalue weighted by Gasteiger charge is 2.24. The number of ether oxygens (including phenoxy) is 1. The number of hydrogen-bond acceptors (Lipinski definition) is 5. The molecule has 0 radical (unpaired) electrons. The van der Waals surface area contributed by atoms with Crippen molar-refractivity contribution in [2.45, 2.75) is 25.3 Å². The Morgan fingerprint density at radius 1 is 1.35 bits per heavy atom. The van der Waals surface area contributed by atoms with Crippen molar-refractivity contribution in [1.82, 2.24) is 10.6 Å². The fourth-order valence-electron chi connectivity index (χ4n) is 1.85. The number of carboxylic acid groups (broad SMARTS) is 1. The molecule has 1 aliphatic heterocycles. The number of urea groups is 1. The number of hydrogen-bond donors (Lipinski definition) is 3. The summed E-state index contributed by atoms with van der Waals surface area (Å²) in [7, 11) is 1.17. The molecule has 1 saturated heterocycles. The molecule has 2 amide bonds. The topological polar surface area (TPSA) is 105 Å². The monoisotopic (exact) mass is 304 g/mol. The average Bonchev–Trinajstić information content (AvgIpc) is 2.45. The van der Waals surface area contributed by atoms with Crippen LogP contribution in [0.5, 0.6) is 0 Å². The van der Waals surface area contributed by atoms with Crippen LogP contribution < -0.4 is 10.6 Å². The molecule has 1 heterocycles. The van der Waals surface area contributed by atoms with E-state index in [1.807, 2.05) is 11.8 Å². The van der Waals surface area contributed by atoms with E-state index in [1.165, 1.54) is 7.11 Å². The Morgan fingerprint density at radius 3 is 2.55 bits per heavy atom. The first-order valence-corrected chi connectivity index (χ1v) is 7.60. The minimum atomic E-state index is -1.27. The van der Waals surface area contributed by atoms with Crippen LogP contribution in [0.15, 0.2) is 0 Å². The van der Waals surface area contributed by atoms with Crippen molar-refractivity contribution >= 4 is 29.7 Å². The van der Waals surface area contributed by atoms with E-state index in [2.05, 4.69) is 15.4 Å². The summed E-state index contributed by atoms with van der Waals surface area (Å²) in [6.45, 7) is 0.525. The van der Waals surface area contributed by atoms with Gasteiger partial charge in [0, 0.05) is 6.54 Å². The third-order valence-corrected chi connectivity index (χ3v) is 4.14. The minimum absolute atomic E-state index is 0.390. The van der Waals surface area contributed by atoms with Crippen molar-refractivity contribution < 1.29 is 24.2 Å². The number of thioether (sulfide) groups is 1. The highest BCUT2D eigenvalue weighted by atomic mass is 32.2. The van der Waals surface area contributed by atoms with Gasteiger partial charge in [0.2, 0.25) is 0 Å².